The lowest BCUT2D eigenvalue weighted by Gasteiger charge is -1.89. The zero-order valence-corrected chi connectivity index (χ0v) is 11.9. The standard InChI is InChI=1S/C9H7Cl3N2S2/c10-3-1-2-7-13-14-9(16-7)5-4-6(11)15-8(5)12/h4H,1-3H2. The Labute approximate surface area is 116 Å². The highest BCUT2D eigenvalue weighted by Gasteiger charge is 2.13. The minimum absolute atomic E-state index is 0.639. The fourth-order valence-corrected chi connectivity index (χ4v) is 3.79. The third-order valence-corrected chi connectivity index (χ3v) is 4.65. The summed E-state index contributed by atoms with van der Waals surface area (Å²) in [6.45, 7) is 0. The van der Waals surface area contributed by atoms with Crippen molar-refractivity contribution in [2.24, 2.45) is 0 Å². The first-order valence-electron chi connectivity index (χ1n) is 4.54. The van der Waals surface area contributed by atoms with E-state index < -0.39 is 0 Å². The maximum Gasteiger partial charge on any atom is 0.150 e. The second-order valence-electron chi connectivity index (χ2n) is 3.03. The number of aryl methyl sites for hydroxylation is 1. The van der Waals surface area contributed by atoms with Gasteiger partial charge >= 0.3 is 0 Å². The maximum atomic E-state index is 6.05. The van der Waals surface area contributed by atoms with Crippen LogP contribution in [0, 0.1) is 0 Å². The van der Waals surface area contributed by atoms with Gasteiger partial charge in [0.1, 0.15) is 14.4 Å². The Morgan fingerprint density at radius 3 is 2.62 bits per heavy atom. The van der Waals surface area contributed by atoms with Crippen LogP contribution >= 0.6 is 57.5 Å². The molecule has 0 aliphatic rings. The molecule has 0 saturated heterocycles. The van der Waals surface area contributed by atoms with Gasteiger partial charge in [-0.15, -0.1) is 33.1 Å². The van der Waals surface area contributed by atoms with Crippen LogP contribution in [0.4, 0.5) is 0 Å². The predicted octanol–water partition coefficient (Wildman–Crippen LogP) is 4.74. The van der Waals surface area contributed by atoms with Crippen molar-refractivity contribution in [3.05, 3.63) is 19.7 Å². The number of hydrogen-bond acceptors (Lipinski definition) is 4. The molecule has 0 amide bonds. The molecule has 0 bridgehead atoms. The number of hydrogen-bond donors (Lipinski definition) is 0. The largest absolute Gasteiger partial charge is 0.150 e. The molecular formula is C9H7Cl3N2S2. The van der Waals surface area contributed by atoms with Crippen molar-refractivity contribution in [1.82, 2.24) is 10.2 Å². The Bertz CT molecular complexity index is 481. The first-order valence-corrected chi connectivity index (χ1v) is 7.46. The lowest BCUT2D eigenvalue weighted by Crippen LogP contribution is -1.84. The highest BCUT2D eigenvalue weighted by molar-refractivity contribution is 7.21. The van der Waals surface area contributed by atoms with E-state index in [4.69, 9.17) is 34.8 Å². The summed E-state index contributed by atoms with van der Waals surface area (Å²) in [5, 5.41) is 9.99. The summed E-state index contributed by atoms with van der Waals surface area (Å²) >= 11 is 20.4. The van der Waals surface area contributed by atoms with Gasteiger partial charge in [-0.25, -0.2) is 0 Å². The third kappa shape index (κ3) is 2.87. The lowest BCUT2D eigenvalue weighted by molar-refractivity contribution is 0.884. The molecule has 0 unspecified atom stereocenters. The molecule has 0 radical (unpaired) electrons. The highest BCUT2D eigenvalue weighted by atomic mass is 35.5. The average molecular weight is 314 g/mol. The number of halogens is 3. The molecule has 0 aliphatic heterocycles. The van der Waals surface area contributed by atoms with Gasteiger partial charge in [-0.05, 0) is 12.5 Å². The van der Waals surface area contributed by atoms with Crippen LogP contribution in [0.25, 0.3) is 10.6 Å². The molecule has 0 fully saturated rings. The molecule has 2 aromatic heterocycles. The van der Waals surface area contributed by atoms with Crippen molar-refractivity contribution in [3.63, 3.8) is 0 Å². The van der Waals surface area contributed by atoms with Crippen LogP contribution in [0.3, 0.4) is 0 Å². The minimum Gasteiger partial charge on any atom is -0.143 e. The van der Waals surface area contributed by atoms with Crippen LogP contribution in [0.5, 0.6) is 0 Å². The quantitative estimate of drug-likeness (QED) is 0.762. The topological polar surface area (TPSA) is 25.8 Å². The van der Waals surface area contributed by atoms with Gasteiger partial charge in [-0.1, -0.05) is 34.5 Å². The highest BCUT2D eigenvalue weighted by Crippen LogP contribution is 2.39. The molecule has 2 nitrogen and oxygen atoms in total. The summed E-state index contributed by atoms with van der Waals surface area (Å²) in [5.41, 5.74) is 0.867. The fraction of sp³-hybridized carbons (Fsp3) is 0.333. The number of aromatic nitrogens is 2. The minimum atomic E-state index is 0.639. The van der Waals surface area contributed by atoms with E-state index in [2.05, 4.69) is 10.2 Å². The van der Waals surface area contributed by atoms with Gasteiger partial charge < -0.3 is 0 Å². The van der Waals surface area contributed by atoms with Crippen molar-refractivity contribution < 1.29 is 0 Å². The molecule has 2 heterocycles. The van der Waals surface area contributed by atoms with Crippen LogP contribution in [0.2, 0.25) is 8.67 Å². The fourth-order valence-electron chi connectivity index (χ4n) is 1.17. The number of rotatable bonds is 4. The summed E-state index contributed by atoms with van der Waals surface area (Å²) in [4.78, 5) is 0. The van der Waals surface area contributed by atoms with E-state index in [-0.39, 0.29) is 0 Å². The Hall–Kier alpha value is 0.130. The van der Waals surface area contributed by atoms with Crippen LogP contribution in [0.15, 0.2) is 6.07 Å². The van der Waals surface area contributed by atoms with E-state index >= 15 is 0 Å². The Balaban J connectivity index is 2.21. The van der Waals surface area contributed by atoms with Crippen LogP contribution in [-0.4, -0.2) is 16.1 Å². The van der Waals surface area contributed by atoms with Gasteiger partial charge in [-0.2, -0.15) is 0 Å². The second kappa shape index (κ2) is 5.65. The predicted molar refractivity (Wildman–Crippen MR) is 72.3 cm³/mol. The van der Waals surface area contributed by atoms with Gasteiger partial charge in [0.2, 0.25) is 0 Å². The summed E-state index contributed by atoms with van der Waals surface area (Å²) in [5.74, 6) is 0.639. The van der Waals surface area contributed by atoms with Crippen LogP contribution < -0.4 is 0 Å². The summed E-state index contributed by atoms with van der Waals surface area (Å²) in [6, 6.07) is 1.82. The van der Waals surface area contributed by atoms with Gasteiger partial charge in [0.15, 0.2) is 0 Å². The molecule has 0 aromatic carbocycles. The molecule has 0 spiro atoms. The SMILES string of the molecule is ClCCCc1nnc(-c2cc(Cl)sc2Cl)s1. The molecular weight excluding hydrogens is 307 g/mol. The lowest BCUT2D eigenvalue weighted by atomic mass is 10.4. The van der Waals surface area contributed by atoms with E-state index in [1.54, 1.807) is 0 Å². The Morgan fingerprint density at radius 2 is 2.00 bits per heavy atom. The second-order valence-corrected chi connectivity index (χ2v) is 6.76. The summed E-state index contributed by atoms with van der Waals surface area (Å²) in [6.07, 6.45) is 1.77. The first kappa shape index (κ1) is 12.6. The van der Waals surface area contributed by atoms with Crippen molar-refractivity contribution in [1.29, 1.82) is 0 Å². The number of thiophene rings is 1. The molecule has 0 aliphatic carbocycles. The van der Waals surface area contributed by atoms with Gasteiger partial charge in [0.05, 0.1) is 4.34 Å². The summed E-state index contributed by atoms with van der Waals surface area (Å²) in [7, 11) is 0. The van der Waals surface area contributed by atoms with Gasteiger partial charge in [-0.3, -0.25) is 0 Å². The van der Waals surface area contributed by atoms with E-state index in [0.717, 1.165) is 28.4 Å². The monoisotopic (exact) mass is 312 g/mol. The van der Waals surface area contributed by atoms with Crippen molar-refractivity contribution in [2.45, 2.75) is 12.8 Å². The maximum absolute atomic E-state index is 6.05. The van der Waals surface area contributed by atoms with E-state index in [1.807, 2.05) is 6.07 Å². The van der Waals surface area contributed by atoms with Crippen molar-refractivity contribution in [3.8, 4) is 10.6 Å². The van der Waals surface area contributed by atoms with E-state index in [9.17, 15) is 0 Å². The first-order chi connectivity index (χ1) is 7.70. The molecule has 16 heavy (non-hydrogen) atoms. The van der Waals surface area contributed by atoms with Crippen LogP contribution in [-0.2, 0) is 6.42 Å². The number of nitrogens with zero attached hydrogens (tertiary/aromatic N) is 2. The van der Waals surface area contributed by atoms with Gasteiger partial charge in [0.25, 0.3) is 0 Å². The van der Waals surface area contributed by atoms with E-state index in [0.29, 0.717) is 14.6 Å². The zero-order valence-electron chi connectivity index (χ0n) is 8.04. The molecule has 0 atom stereocenters. The van der Waals surface area contributed by atoms with Gasteiger partial charge in [0, 0.05) is 17.9 Å². The Kier molecular flexibility index (Phi) is 4.44. The number of alkyl halides is 1. The Morgan fingerprint density at radius 1 is 1.19 bits per heavy atom. The third-order valence-electron chi connectivity index (χ3n) is 1.88. The van der Waals surface area contributed by atoms with Crippen molar-refractivity contribution in [2.75, 3.05) is 5.88 Å². The smallest absolute Gasteiger partial charge is 0.143 e. The normalized spacial score (nSPS) is 10.9. The molecule has 2 rings (SSSR count). The summed E-state index contributed by atoms with van der Waals surface area (Å²) < 4.78 is 1.32. The molecule has 0 saturated carbocycles. The van der Waals surface area contributed by atoms with E-state index in [1.165, 1.54) is 22.7 Å². The van der Waals surface area contributed by atoms with Crippen molar-refractivity contribution >= 4 is 57.5 Å². The zero-order chi connectivity index (χ0) is 11.5. The average Bonchev–Trinajstić information content (AvgIpc) is 2.82. The molecule has 7 heteroatoms. The molecule has 2 aromatic rings. The molecule has 0 N–H and O–H groups in total. The van der Waals surface area contributed by atoms with Crippen LogP contribution in [0.1, 0.15) is 11.4 Å². The molecule has 86 valence electrons.